The summed E-state index contributed by atoms with van der Waals surface area (Å²) < 4.78 is 14.4. The molecule has 8 nitrogen and oxygen atoms in total. The number of quaternary nitrogens is 2. The molecule has 0 spiro atoms. The molecule has 0 bridgehead atoms. The molecule has 2 amide bonds. The number of nitrogens with one attached hydrogen (secondary N) is 2. The van der Waals surface area contributed by atoms with Crippen molar-refractivity contribution in [2.75, 3.05) is 80.7 Å². The van der Waals surface area contributed by atoms with Gasteiger partial charge in [0.25, 0.3) is 11.8 Å². The van der Waals surface area contributed by atoms with Gasteiger partial charge in [0.15, 0.2) is 13.1 Å². The molecule has 1 aromatic rings. The summed E-state index contributed by atoms with van der Waals surface area (Å²) in [5.41, 5.74) is 4.99. The molecule has 0 atom stereocenters. The standard InChI is InChI=1S/C45H80N4O4.2BrH/c1-11-14-17-20-28-46-44(50)36-48(7,8)30-32-52-42-34-40(25-19-16-13-3)35-43(41(42)27-26-39(6)24-22-23-38(4)5)53-33-31-49(9,10)37-45(51)47-29-21-18-15-12-2;;/h23,26,34-35H,11-22,24-25,27-33,36-37H2,1-10H3;2*1H/b39-26+;;. The van der Waals surface area contributed by atoms with Gasteiger partial charge >= 0.3 is 0 Å². The number of hydrogen-bond donors (Lipinski definition) is 2. The van der Waals surface area contributed by atoms with Gasteiger partial charge in [0.05, 0.1) is 28.2 Å². The quantitative estimate of drug-likeness (QED) is 0.0684. The first kappa shape index (κ1) is 55.2. The molecule has 320 valence electrons. The Hall–Kier alpha value is -1.88. The molecule has 2 N–H and O–H groups in total. The summed E-state index contributed by atoms with van der Waals surface area (Å²) in [5, 5.41) is 6.22. The number of allylic oxidation sites excluding steroid dienone is 4. The lowest BCUT2D eigenvalue weighted by Gasteiger charge is -2.30. The average molecular weight is 903 g/mol. The monoisotopic (exact) mass is 900 g/mol. The fourth-order valence-electron chi connectivity index (χ4n) is 6.24. The highest BCUT2D eigenvalue weighted by Crippen LogP contribution is 2.33. The van der Waals surface area contributed by atoms with Gasteiger partial charge in [-0.2, -0.15) is 0 Å². The first-order valence-corrected chi connectivity index (χ1v) is 21.1. The van der Waals surface area contributed by atoms with Crippen molar-refractivity contribution in [1.82, 2.24) is 10.6 Å². The lowest BCUT2D eigenvalue weighted by molar-refractivity contribution is -0.882. The van der Waals surface area contributed by atoms with Gasteiger partial charge in [0.2, 0.25) is 0 Å². The Morgan fingerprint density at radius 2 is 1.11 bits per heavy atom. The van der Waals surface area contributed by atoms with E-state index in [1.54, 1.807) is 0 Å². The molecular weight excluding hydrogens is 820 g/mol. The van der Waals surface area contributed by atoms with E-state index in [-0.39, 0.29) is 45.8 Å². The van der Waals surface area contributed by atoms with Gasteiger partial charge in [-0.3, -0.25) is 9.59 Å². The summed E-state index contributed by atoms with van der Waals surface area (Å²) in [4.78, 5) is 25.5. The summed E-state index contributed by atoms with van der Waals surface area (Å²) >= 11 is 0. The molecule has 0 saturated heterocycles. The molecular formula is C45H82Br2N4O4. The molecule has 1 rings (SSSR count). The molecule has 0 radical (unpaired) electrons. The number of amides is 2. The number of nitrogens with zero attached hydrogens (tertiary/aromatic N) is 2. The van der Waals surface area contributed by atoms with Crippen molar-refractivity contribution in [2.24, 2.45) is 0 Å². The second-order valence-electron chi connectivity index (χ2n) is 16.8. The van der Waals surface area contributed by atoms with Crippen LogP contribution < -0.4 is 54.1 Å². The molecule has 0 aliphatic heterocycles. The topological polar surface area (TPSA) is 76.7 Å². The highest BCUT2D eigenvalue weighted by molar-refractivity contribution is 5.77. The zero-order chi connectivity index (χ0) is 39.5. The van der Waals surface area contributed by atoms with Gasteiger partial charge in [-0.25, -0.2) is 0 Å². The third kappa shape index (κ3) is 28.2. The van der Waals surface area contributed by atoms with Gasteiger partial charge in [-0.15, -0.1) is 0 Å². The number of unbranched alkanes of at least 4 members (excludes halogenated alkanes) is 8. The zero-order valence-corrected chi connectivity index (χ0v) is 40.0. The fraction of sp³-hybridized carbons (Fsp3) is 0.733. The zero-order valence-electron chi connectivity index (χ0n) is 36.9. The Bertz CT molecular complexity index is 1180. The largest absolute Gasteiger partial charge is 1.00 e. The van der Waals surface area contributed by atoms with Gasteiger partial charge < -0.3 is 63.0 Å². The van der Waals surface area contributed by atoms with Crippen LogP contribution in [0.5, 0.6) is 11.5 Å². The minimum atomic E-state index is 0. The van der Waals surface area contributed by atoms with Crippen LogP contribution in [0.2, 0.25) is 0 Å². The molecule has 10 heteroatoms. The molecule has 0 aliphatic rings. The molecule has 1 aromatic carbocycles. The normalized spacial score (nSPS) is 11.6. The van der Waals surface area contributed by atoms with Gasteiger partial charge in [-0.1, -0.05) is 95.4 Å². The predicted molar refractivity (Wildman–Crippen MR) is 225 cm³/mol. The first-order chi connectivity index (χ1) is 25.2. The molecule has 0 unspecified atom stereocenters. The number of carbonyl (C=O) groups excluding carboxylic acids is 2. The van der Waals surface area contributed by atoms with Gasteiger partial charge in [0.1, 0.15) is 37.8 Å². The van der Waals surface area contributed by atoms with Crippen molar-refractivity contribution in [3.05, 3.63) is 46.6 Å². The highest BCUT2D eigenvalue weighted by Gasteiger charge is 2.23. The van der Waals surface area contributed by atoms with E-state index in [2.05, 4.69) is 105 Å². The smallest absolute Gasteiger partial charge is 0.275 e. The number of halogens is 2. The van der Waals surface area contributed by atoms with Crippen LogP contribution in [0.25, 0.3) is 0 Å². The molecule has 0 fully saturated rings. The lowest BCUT2D eigenvalue weighted by Crippen LogP contribution is -3.00. The maximum atomic E-state index is 12.7. The maximum Gasteiger partial charge on any atom is 0.275 e. The van der Waals surface area contributed by atoms with E-state index < -0.39 is 0 Å². The number of likely N-dealkylation sites (N-methyl/N-ethyl adjacent to an activating group) is 2. The van der Waals surface area contributed by atoms with Crippen molar-refractivity contribution < 1.29 is 62.0 Å². The van der Waals surface area contributed by atoms with Crippen molar-refractivity contribution in [2.45, 2.75) is 138 Å². The summed E-state index contributed by atoms with van der Waals surface area (Å²) in [5.74, 6) is 1.94. The SMILES string of the molecule is CCCCCCNC(=O)C[N+](C)(C)CCOc1cc(CCCCC)cc(OCC[N+](C)(C)CC(=O)NCCCCCC)c1C/C=C(\C)CCC=C(C)C.[Br-].[Br-]. The molecule has 0 aromatic heterocycles. The van der Waals surface area contributed by atoms with Crippen molar-refractivity contribution >= 4 is 11.8 Å². The number of hydrogen-bond acceptors (Lipinski definition) is 4. The Balaban J connectivity index is 0. The predicted octanol–water partition coefficient (Wildman–Crippen LogP) is 2.97. The summed E-state index contributed by atoms with van der Waals surface area (Å²) in [6, 6.07) is 4.44. The van der Waals surface area contributed by atoms with Crippen LogP contribution >= 0.6 is 0 Å². The van der Waals surface area contributed by atoms with Gasteiger partial charge in [-0.05, 0) is 83.4 Å². The van der Waals surface area contributed by atoms with Crippen LogP contribution in [-0.2, 0) is 22.4 Å². The first-order valence-electron chi connectivity index (χ1n) is 21.1. The number of benzene rings is 1. The van der Waals surface area contributed by atoms with Crippen LogP contribution in [0, 0.1) is 0 Å². The maximum absolute atomic E-state index is 12.7. The van der Waals surface area contributed by atoms with E-state index in [9.17, 15) is 9.59 Å². The second kappa shape index (κ2) is 32.1. The minimum absolute atomic E-state index is 0. The van der Waals surface area contributed by atoms with E-state index in [0.29, 0.717) is 48.4 Å². The van der Waals surface area contributed by atoms with Crippen molar-refractivity contribution in [3.8, 4) is 11.5 Å². The lowest BCUT2D eigenvalue weighted by atomic mass is 10.00. The van der Waals surface area contributed by atoms with Crippen LogP contribution in [0.4, 0.5) is 0 Å². The number of ether oxygens (including phenoxy) is 2. The van der Waals surface area contributed by atoms with Gasteiger partial charge in [0, 0.05) is 18.7 Å². The second-order valence-corrected chi connectivity index (χ2v) is 16.8. The summed E-state index contributed by atoms with van der Waals surface area (Å²) in [6.07, 6.45) is 21.0. The van der Waals surface area contributed by atoms with E-state index in [4.69, 9.17) is 9.47 Å². The van der Waals surface area contributed by atoms with Crippen molar-refractivity contribution in [1.29, 1.82) is 0 Å². The number of aryl methyl sites for hydroxylation is 1. The van der Waals surface area contributed by atoms with Crippen LogP contribution in [0.15, 0.2) is 35.4 Å². The van der Waals surface area contributed by atoms with E-state index in [1.807, 2.05) is 0 Å². The van der Waals surface area contributed by atoms with Crippen LogP contribution in [-0.4, -0.2) is 101 Å². The number of rotatable bonds is 31. The number of carbonyl (C=O) groups is 2. The Labute approximate surface area is 359 Å². The molecule has 0 aliphatic carbocycles. The molecule has 0 heterocycles. The minimum Gasteiger partial charge on any atom is -1.00 e. The average Bonchev–Trinajstić information content (AvgIpc) is 3.07. The summed E-state index contributed by atoms with van der Waals surface area (Å²) in [6.45, 7) is 17.9. The van der Waals surface area contributed by atoms with E-state index in [0.717, 1.165) is 87.9 Å². The Morgan fingerprint density at radius 1 is 0.655 bits per heavy atom. The Kier molecular flexibility index (Phi) is 32.2. The fourth-order valence-corrected chi connectivity index (χ4v) is 6.24. The van der Waals surface area contributed by atoms with Crippen molar-refractivity contribution in [3.63, 3.8) is 0 Å². The summed E-state index contributed by atoms with van der Waals surface area (Å²) in [7, 11) is 8.40. The van der Waals surface area contributed by atoms with Crippen LogP contribution in [0.1, 0.15) is 136 Å². The third-order valence-corrected chi connectivity index (χ3v) is 9.80. The van der Waals surface area contributed by atoms with Crippen LogP contribution in [0.3, 0.4) is 0 Å². The third-order valence-electron chi connectivity index (χ3n) is 9.80. The Morgan fingerprint density at radius 3 is 1.55 bits per heavy atom. The molecule has 55 heavy (non-hydrogen) atoms. The van der Waals surface area contributed by atoms with E-state index in [1.165, 1.54) is 55.2 Å². The molecule has 0 saturated carbocycles. The highest BCUT2D eigenvalue weighted by atomic mass is 79.9. The van der Waals surface area contributed by atoms with E-state index >= 15 is 0 Å².